The first kappa shape index (κ1) is 13.5. The van der Waals surface area contributed by atoms with Gasteiger partial charge in [-0.2, -0.15) is 0 Å². The van der Waals surface area contributed by atoms with Gasteiger partial charge in [0.05, 0.1) is 11.5 Å². The molecule has 5 heteroatoms. The van der Waals surface area contributed by atoms with Crippen LogP contribution in [0.3, 0.4) is 0 Å². The topological polar surface area (TPSA) is 49.4 Å². The number of amides is 2. The van der Waals surface area contributed by atoms with Gasteiger partial charge in [0.15, 0.2) is 0 Å². The summed E-state index contributed by atoms with van der Waals surface area (Å²) < 4.78 is 0. The van der Waals surface area contributed by atoms with Crippen LogP contribution >= 0.6 is 12.4 Å². The Kier molecular flexibility index (Phi) is 3.97. The van der Waals surface area contributed by atoms with Gasteiger partial charge in [-0.1, -0.05) is 13.8 Å². The van der Waals surface area contributed by atoms with Crippen LogP contribution in [0.1, 0.15) is 33.1 Å². The molecule has 2 amide bonds. The predicted octanol–water partition coefficient (Wildman–Crippen LogP) is 0.945. The summed E-state index contributed by atoms with van der Waals surface area (Å²) in [6.45, 7) is 5.46. The largest absolute Gasteiger partial charge is 0.315 e. The molecule has 0 aromatic rings. The summed E-state index contributed by atoms with van der Waals surface area (Å²) in [7, 11) is 0. The minimum atomic E-state index is -0.492. The first-order valence-electron chi connectivity index (χ1n) is 5.59. The van der Waals surface area contributed by atoms with Crippen LogP contribution in [0, 0.1) is 5.41 Å². The second-order valence-corrected chi connectivity index (χ2v) is 5.13. The van der Waals surface area contributed by atoms with Crippen LogP contribution in [0.15, 0.2) is 0 Å². The molecule has 2 heterocycles. The van der Waals surface area contributed by atoms with Gasteiger partial charge in [-0.15, -0.1) is 12.4 Å². The molecule has 0 radical (unpaired) electrons. The number of carbonyl (C=O) groups excluding carboxylic acids is 2. The average Bonchev–Trinajstić information content (AvgIpc) is 2.38. The van der Waals surface area contributed by atoms with E-state index in [-0.39, 0.29) is 30.3 Å². The highest BCUT2D eigenvalue weighted by atomic mass is 35.5. The lowest BCUT2D eigenvalue weighted by Gasteiger charge is -2.31. The Morgan fingerprint density at radius 2 is 2.06 bits per heavy atom. The molecule has 2 rings (SSSR count). The zero-order valence-electron chi connectivity index (χ0n) is 9.78. The van der Waals surface area contributed by atoms with E-state index in [1.54, 1.807) is 0 Å². The van der Waals surface area contributed by atoms with Crippen LogP contribution in [0.5, 0.6) is 0 Å². The maximum Gasteiger partial charge on any atom is 0.235 e. The van der Waals surface area contributed by atoms with Crippen molar-refractivity contribution in [1.82, 2.24) is 10.2 Å². The molecule has 92 valence electrons. The molecule has 1 atom stereocenters. The summed E-state index contributed by atoms with van der Waals surface area (Å²) in [5.74, 6) is -0.0000926. The van der Waals surface area contributed by atoms with Gasteiger partial charge in [0.2, 0.25) is 11.8 Å². The molecule has 2 fully saturated rings. The van der Waals surface area contributed by atoms with Crippen molar-refractivity contribution >= 4 is 24.2 Å². The Morgan fingerprint density at radius 1 is 1.38 bits per heavy atom. The summed E-state index contributed by atoms with van der Waals surface area (Å²) in [6.07, 6.45) is 2.35. The van der Waals surface area contributed by atoms with Crippen LogP contribution in [0.2, 0.25) is 0 Å². The van der Waals surface area contributed by atoms with E-state index >= 15 is 0 Å². The molecule has 0 bridgehead atoms. The molecular weight excluding hydrogens is 228 g/mol. The van der Waals surface area contributed by atoms with Crippen molar-refractivity contribution < 1.29 is 9.59 Å². The van der Waals surface area contributed by atoms with Crippen molar-refractivity contribution in [3.8, 4) is 0 Å². The lowest BCUT2D eigenvalue weighted by molar-refractivity contribution is -0.143. The molecule has 0 saturated carbocycles. The van der Waals surface area contributed by atoms with Crippen molar-refractivity contribution in [2.75, 3.05) is 13.1 Å². The average molecular weight is 247 g/mol. The lowest BCUT2D eigenvalue weighted by Crippen LogP contribution is -2.49. The van der Waals surface area contributed by atoms with E-state index in [0.29, 0.717) is 6.42 Å². The van der Waals surface area contributed by atoms with Gasteiger partial charge in [0.1, 0.15) is 0 Å². The third-order valence-electron chi connectivity index (χ3n) is 3.30. The third kappa shape index (κ3) is 2.23. The van der Waals surface area contributed by atoms with E-state index in [1.165, 1.54) is 4.90 Å². The number of likely N-dealkylation sites (tertiary alicyclic amines) is 1. The summed E-state index contributed by atoms with van der Waals surface area (Å²) in [5.41, 5.74) is -0.492. The molecular formula is C11H19ClN2O2. The molecule has 2 aliphatic heterocycles. The second kappa shape index (κ2) is 4.72. The van der Waals surface area contributed by atoms with Crippen molar-refractivity contribution in [3.05, 3.63) is 0 Å². The maximum atomic E-state index is 12.0. The molecule has 0 aromatic carbocycles. The fourth-order valence-electron chi connectivity index (χ4n) is 2.40. The number of hydrogen-bond donors (Lipinski definition) is 1. The van der Waals surface area contributed by atoms with E-state index in [0.717, 1.165) is 25.9 Å². The highest BCUT2D eigenvalue weighted by Crippen LogP contribution is 2.33. The number of imide groups is 1. The Bertz CT molecular complexity index is 298. The Hall–Kier alpha value is -0.610. The van der Waals surface area contributed by atoms with Crippen LogP contribution in [0.25, 0.3) is 0 Å². The molecule has 0 aromatic heterocycles. The normalized spacial score (nSPS) is 29.1. The predicted molar refractivity (Wildman–Crippen MR) is 63.4 cm³/mol. The maximum absolute atomic E-state index is 12.0. The van der Waals surface area contributed by atoms with Crippen LogP contribution in [0.4, 0.5) is 0 Å². The minimum Gasteiger partial charge on any atom is -0.315 e. The molecule has 4 nitrogen and oxygen atoms in total. The zero-order chi connectivity index (χ0) is 11.1. The van der Waals surface area contributed by atoms with Crippen molar-refractivity contribution in [1.29, 1.82) is 0 Å². The fraction of sp³-hybridized carbons (Fsp3) is 0.818. The number of piperidine rings is 1. The van der Waals surface area contributed by atoms with Gasteiger partial charge in [-0.3, -0.25) is 14.5 Å². The van der Waals surface area contributed by atoms with Gasteiger partial charge in [-0.05, 0) is 19.4 Å². The number of rotatable bonds is 1. The van der Waals surface area contributed by atoms with E-state index < -0.39 is 5.41 Å². The van der Waals surface area contributed by atoms with Crippen molar-refractivity contribution in [2.45, 2.75) is 39.2 Å². The minimum absolute atomic E-state index is 0. The number of carbonyl (C=O) groups is 2. The molecule has 1 unspecified atom stereocenters. The van der Waals surface area contributed by atoms with Gasteiger partial charge in [-0.25, -0.2) is 0 Å². The van der Waals surface area contributed by atoms with Gasteiger partial charge in [0, 0.05) is 13.0 Å². The number of halogens is 1. The highest BCUT2D eigenvalue weighted by Gasteiger charge is 2.47. The first-order chi connectivity index (χ1) is 7.02. The summed E-state index contributed by atoms with van der Waals surface area (Å²) in [5, 5.41) is 3.23. The third-order valence-corrected chi connectivity index (χ3v) is 3.30. The Balaban J connectivity index is 0.00000128. The first-order valence-corrected chi connectivity index (χ1v) is 5.59. The number of nitrogens with one attached hydrogen (secondary N) is 1. The zero-order valence-corrected chi connectivity index (χ0v) is 10.6. The molecule has 0 spiro atoms. The summed E-state index contributed by atoms with van der Waals surface area (Å²) in [4.78, 5) is 25.3. The van der Waals surface area contributed by atoms with E-state index in [9.17, 15) is 9.59 Å². The highest BCUT2D eigenvalue weighted by molar-refractivity contribution is 6.05. The fourth-order valence-corrected chi connectivity index (χ4v) is 2.40. The van der Waals surface area contributed by atoms with Crippen molar-refractivity contribution in [2.24, 2.45) is 5.41 Å². The molecule has 1 N–H and O–H groups in total. The Labute approximate surface area is 102 Å². The summed E-state index contributed by atoms with van der Waals surface area (Å²) in [6, 6.07) is 0.0838. The number of nitrogens with zero attached hydrogens (tertiary/aromatic N) is 1. The van der Waals surface area contributed by atoms with Crippen LogP contribution in [-0.2, 0) is 9.59 Å². The lowest BCUT2D eigenvalue weighted by atomic mass is 9.92. The molecule has 2 aliphatic rings. The number of hydrogen-bond acceptors (Lipinski definition) is 3. The second-order valence-electron chi connectivity index (χ2n) is 5.13. The van der Waals surface area contributed by atoms with E-state index in [4.69, 9.17) is 0 Å². The van der Waals surface area contributed by atoms with Crippen molar-refractivity contribution in [3.63, 3.8) is 0 Å². The van der Waals surface area contributed by atoms with Gasteiger partial charge < -0.3 is 5.32 Å². The Morgan fingerprint density at radius 3 is 2.50 bits per heavy atom. The van der Waals surface area contributed by atoms with Crippen LogP contribution < -0.4 is 5.32 Å². The standard InChI is InChI=1S/C11H18N2O2.ClH/c1-11(2)6-9(14)13(10(11)15)8-4-3-5-12-7-8;/h8,12H,3-7H2,1-2H3;1H. The monoisotopic (exact) mass is 246 g/mol. The molecule has 16 heavy (non-hydrogen) atoms. The smallest absolute Gasteiger partial charge is 0.235 e. The van der Waals surface area contributed by atoms with Gasteiger partial charge >= 0.3 is 0 Å². The molecule has 0 aliphatic carbocycles. The SMILES string of the molecule is CC1(C)CC(=O)N(C2CCCNC2)C1=O.Cl. The summed E-state index contributed by atoms with van der Waals surface area (Å²) >= 11 is 0. The quantitative estimate of drug-likeness (QED) is 0.701. The van der Waals surface area contributed by atoms with E-state index in [1.807, 2.05) is 13.8 Å². The van der Waals surface area contributed by atoms with E-state index in [2.05, 4.69) is 5.32 Å². The van der Waals surface area contributed by atoms with Crippen LogP contribution in [-0.4, -0.2) is 35.8 Å². The van der Waals surface area contributed by atoms with Gasteiger partial charge in [0.25, 0.3) is 0 Å². The molecule has 2 saturated heterocycles.